The third kappa shape index (κ3) is 5.11. The van der Waals surface area contributed by atoms with Crippen LogP contribution in [-0.2, 0) is 9.59 Å². The van der Waals surface area contributed by atoms with Gasteiger partial charge in [0.25, 0.3) is 0 Å². The topological polar surface area (TPSA) is 84.2 Å². The lowest BCUT2D eigenvalue weighted by Crippen LogP contribution is -2.46. The first-order valence-corrected chi connectivity index (χ1v) is 5.99. The summed E-state index contributed by atoms with van der Waals surface area (Å²) < 4.78 is 0. The summed E-state index contributed by atoms with van der Waals surface area (Å²) in [5, 5.41) is 6.06. The molecule has 0 aromatic rings. The molecule has 0 radical (unpaired) electrons. The molecule has 0 aliphatic carbocycles. The predicted octanol–water partition coefficient (Wildman–Crippen LogP) is -0.0997. The van der Waals surface area contributed by atoms with Crippen LogP contribution in [0, 0.1) is 0 Å². The van der Waals surface area contributed by atoms with Gasteiger partial charge in [-0.1, -0.05) is 6.42 Å². The maximum Gasteiger partial charge on any atom is 0.237 e. The number of nitrogens with one attached hydrogen (secondary N) is 2. The van der Waals surface area contributed by atoms with E-state index in [9.17, 15) is 9.59 Å². The Morgan fingerprint density at radius 1 is 1.31 bits per heavy atom. The quantitative estimate of drug-likeness (QED) is 0.554. The standard InChI is InChI=1S/C11H21N3O2/c12-10(15)6-2-4-8-14-11(16)9-5-1-3-7-13-9/h9,13H,1-8H2,(H2,12,15)(H,14,16)/t9-/m0/s1. The van der Waals surface area contributed by atoms with Crippen molar-refractivity contribution in [2.75, 3.05) is 13.1 Å². The fourth-order valence-electron chi connectivity index (χ4n) is 1.83. The first-order chi connectivity index (χ1) is 7.70. The smallest absolute Gasteiger partial charge is 0.237 e. The number of piperidine rings is 1. The van der Waals surface area contributed by atoms with Crippen LogP contribution in [0.2, 0.25) is 0 Å². The molecule has 0 aromatic carbocycles. The Labute approximate surface area is 96.1 Å². The van der Waals surface area contributed by atoms with Crippen LogP contribution >= 0.6 is 0 Å². The van der Waals surface area contributed by atoms with Gasteiger partial charge in [-0.3, -0.25) is 9.59 Å². The average molecular weight is 227 g/mol. The van der Waals surface area contributed by atoms with E-state index < -0.39 is 0 Å². The van der Waals surface area contributed by atoms with E-state index in [1.807, 2.05) is 0 Å². The molecule has 1 rings (SSSR count). The third-order valence-corrected chi connectivity index (χ3v) is 2.78. The predicted molar refractivity (Wildman–Crippen MR) is 61.7 cm³/mol. The van der Waals surface area contributed by atoms with E-state index in [1.165, 1.54) is 0 Å². The van der Waals surface area contributed by atoms with Crippen molar-refractivity contribution in [3.05, 3.63) is 0 Å². The number of hydrogen-bond donors (Lipinski definition) is 3. The summed E-state index contributed by atoms with van der Waals surface area (Å²) in [6.07, 6.45) is 5.15. The van der Waals surface area contributed by atoms with E-state index in [0.29, 0.717) is 13.0 Å². The van der Waals surface area contributed by atoms with Gasteiger partial charge in [0.15, 0.2) is 0 Å². The van der Waals surface area contributed by atoms with Crippen LogP contribution in [0.5, 0.6) is 0 Å². The Balaban J connectivity index is 2.03. The number of carbonyl (C=O) groups excluding carboxylic acids is 2. The molecule has 1 heterocycles. The summed E-state index contributed by atoms with van der Waals surface area (Å²) in [6, 6.07) is -0.0232. The summed E-state index contributed by atoms with van der Waals surface area (Å²) in [4.78, 5) is 22.1. The maximum absolute atomic E-state index is 11.6. The lowest BCUT2D eigenvalue weighted by molar-refractivity contribution is -0.123. The van der Waals surface area contributed by atoms with Crippen molar-refractivity contribution in [1.29, 1.82) is 0 Å². The molecule has 5 nitrogen and oxygen atoms in total. The van der Waals surface area contributed by atoms with Crippen molar-refractivity contribution in [2.24, 2.45) is 5.73 Å². The minimum absolute atomic E-state index is 0.0232. The van der Waals surface area contributed by atoms with Gasteiger partial charge in [0.05, 0.1) is 6.04 Å². The highest BCUT2D eigenvalue weighted by Crippen LogP contribution is 2.06. The zero-order valence-corrected chi connectivity index (χ0v) is 9.63. The third-order valence-electron chi connectivity index (χ3n) is 2.78. The van der Waals surface area contributed by atoms with E-state index in [2.05, 4.69) is 10.6 Å². The summed E-state index contributed by atoms with van der Waals surface area (Å²) in [7, 11) is 0. The van der Waals surface area contributed by atoms with Gasteiger partial charge in [0.2, 0.25) is 11.8 Å². The molecule has 4 N–H and O–H groups in total. The second-order valence-electron chi connectivity index (χ2n) is 4.22. The highest BCUT2D eigenvalue weighted by Gasteiger charge is 2.19. The van der Waals surface area contributed by atoms with Crippen LogP contribution < -0.4 is 16.4 Å². The monoisotopic (exact) mass is 227 g/mol. The van der Waals surface area contributed by atoms with E-state index >= 15 is 0 Å². The minimum Gasteiger partial charge on any atom is -0.370 e. The van der Waals surface area contributed by atoms with Crippen LogP contribution in [0.1, 0.15) is 38.5 Å². The molecular weight excluding hydrogens is 206 g/mol. The van der Waals surface area contributed by atoms with Crippen LogP contribution in [0.3, 0.4) is 0 Å². The van der Waals surface area contributed by atoms with E-state index in [0.717, 1.165) is 38.6 Å². The SMILES string of the molecule is NC(=O)CCCCNC(=O)[C@@H]1CCCCN1. The van der Waals surface area contributed by atoms with Crippen LogP contribution in [-0.4, -0.2) is 30.9 Å². The van der Waals surface area contributed by atoms with Gasteiger partial charge in [0, 0.05) is 13.0 Å². The Morgan fingerprint density at radius 2 is 2.12 bits per heavy atom. The lowest BCUT2D eigenvalue weighted by Gasteiger charge is -2.22. The van der Waals surface area contributed by atoms with Gasteiger partial charge in [-0.25, -0.2) is 0 Å². The van der Waals surface area contributed by atoms with Gasteiger partial charge in [0.1, 0.15) is 0 Å². The summed E-state index contributed by atoms with van der Waals surface area (Å²) in [5.41, 5.74) is 5.02. The van der Waals surface area contributed by atoms with Crippen LogP contribution in [0.15, 0.2) is 0 Å². The van der Waals surface area contributed by atoms with E-state index in [1.54, 1.807) is 0 Å². The highest BCUT2D eigenvalue weighted by atomic mass is 16.2. The highest BCUT2D eigenvalue weighted by molar-refractivity contribution is 5.81. The molecule has 1 saturated heterocycles. The second kappa shape index (κ2) is 7.22. The largest absolute Gasteiger partial charge is 0.370 e. The number of hydrogen-bond acceptors (Lipinski definition) is 3. The number of amides is 2. The van der Waals surface area contributed by atoms with Crippen molar-refractivity contribution in [3.63, 3.8) is 0 Å². The van der Waals surface area contributed by atoms with Gasteiger partial charge in [-0.05, 0) is 32.2 Å². The van der Waals surface area contributed by atoms with Crippen molar-refractivity contribution in [3.8, 4) is 0 Å². The molecule has 0 bridgehead atoms. The molecule has 1 atom stereocenters. The molecule has 92 valence electrons. The van der Waals surface area contributed by atoms with Crippen LogP contribution in [0.4, 0.5) is 0 Å². The molecule has 16 heavy (non-hydrogen) atoms. The molecule has 0 spiro atoms. The normalized spacial score (nSPS) is 20.4. The second-order valence-corrected chi connectivity index (χ2v) is 4.22. The number of nitrogens with two attached hydrogens (primary N) is 1. The molecule has 2 amide bonds. The van der Waals surface area contributed by atoms with Gasteiger partial charge >= 0.3 is 0 Å². The summed E-state index contributed by atoms with van der Waals surface area (Å²) in [5.74, 6) is -0.195. The molecule has 0 saturated carbocycles. The van der Waals surface area contributed by atoms with E-state index in [4.69, 9.17) is 5.73 Å². The van der Waals surface area contributed by atoms with Crippen molar-refractivity contribution >= 4 is 11.8 Å². The Hall–Kier alpha value is -1.10. The molecule has 0 aromatic heterocycles. The molecule has 1 aliphatic heterocycles. The average Bonchev–Trinajstić information content (AvgIpc) is 2.29. The molecule has 1 aliphatic rings. The Kier molecular flexibility index (Phi) is 5.85. The molecule has 5 heteroatoms. The zero-order valence-electron chi connectivity index (χ0n) is 9.63. The Morgan fingerprint density at radius 3 is 2.75 bits per heavy atom. The number of primary amides is 1. The van der Waals surface area contributed by atoms with Gasteiger partial charge < -0.3 is 16.4 Å². The lowest BCUT2D eigenvalue weighted by atomic mass is 10.0. The fraction of sp³-hybridized carbons (Fsp3) is 0.818. The zero-order chi connectivity index (χ0) is 11.8. The van der Waals surface area contributed by atoms with Crippen molar-refractivity contribution in [2.45, 2.75) is 44.6 Å². The summed E-state index contributed by atoms with van der Waals surface area (Å²) >= 11 is 0. The van der Waals surface area contributed by atoms with E-state index in [-0.39, 0.29) is 17.9 Å². The summed E-state index contributed by atoms with van der Waals surface area (Å²) in [6.45, 7) is 1.56. The minimum atomic E-state index is -0.278. The molecule has 0 unspecified atom stereocenters. The Bertz CT molecular complexity index is 237. The van der Waals surface area contributed by atoms with Gasteiger partial charge in [-0.2, -0.15) is 0 Å². The first-order valence-electron chi connectivity index (χ1n) is 5.99. The first kappa shape index (κ1) is 13.0. The molecule has 1 fully saturated rings. The number of carbonyl (C=O) groups is 2. The van der Waals surface area contributed by atoms with Gasteiger partial charge in [-0.15, -0.1) is 0 Å². The number of rotatable bonds is 6. The fourth-order valence-corrected chi connectivity index (χ4v) is 1.83. The van der Waals surface area contributed by atoms with Crippen LogP contribution in [0.25, 0.3) is 0 Å². The maximum atomic E-state index is 11.6. The van der Waals surface area contributed by atoms with Crippen molar-refractivity contribution in [1.82, 2.24) is 10.6 Å². The van der Waals surface area contributed by atoms with Crippen molar-refractivity contribution < 1.29 is 9.59 Å². The molecular formula is C11H21N3O2. The number of unbranched alkanes of at least 4 members (excludes halogenated alkanes) is 1.